The molecule has 0 heterocycles. The second-order valence-electron chi connectivity index (χ2n) is 6.05. The van der Waals surface area contributed by atoms with E-state index in [1.807, 2.05) is 0 Å². The van der Waals surface area contributed by atoms with Crippen LogP contribution in [0.3, 0.4) is 0 Å². The van der Waals surface area contributed by atoms with Crippen LogP contribution in [0.1, 0.15) is 42.4 Å². The van der Waals surface area contributed by atoms with Crippen molar-refractivity contribution in [2.24, 2.45) is 11.8 Å². The predicted octanol–water partition coefficient (Wildman–Crippen LogP) is 3.28. The van der Waals surface area contributed by atoms with Crippen LogP contribution in [0.25, 0.3) is 0 Å². The molecule has 1 aliphatic carbocycles. The Hall–Kier alpha value is -1.35. The maximum absolute atomic E-state index is 10.9. The second-order valence-corrected chi connectivity index (χ2v) is 6.05. The second kappa shape index (κ2) is 6.89. The maximum atomic E-state index is 10.9. The van der Waals surface area contributed by atoms with E-state index in [4.69, 9.17) is 5.11 Å². The SMILES string of the molecule is Cc1cccc(CNCC2CCC(C(=O)O)CC2)c1C. The Morgan fingerprint density at radius 1 is 1.25 bits per heavy atom. The number of nitrogens with one attached hydrogen (secondary N) is 1. The monoisotopic (exact) mass is 275 g/mol. The molecule has 0 unspecified atom stereocenters. The van der Waals surface area contributed by atoms with Gasteiger partial charge in [0.25, 0.3) is 0 Å². The lowest BCUT2D eigenvalue weighted by Crippen LogP contribution is -2.28. The average Bonchev–Trinajstić information content (AvgIpc) is 2.44. The molecule has 1 fully saturated rings. The van der Waals surface area contributed by atoms with Crippen LogP contribution in [0.5, 0.6) is 0 Å². The summed E-state index contributed by atoms with van der Waals surface area (Å²) in [6.45, 7) is 6.22. The van der Waals surface area contributed by atoms with E-state index in [2.05, 4.69) is 37.4 Å². The van der Waals surface area contributed by atoms with Crippen molar-refractivity contribution < 1.29 is 9.90 Å². The highest BCUT2D eigenvalue weighted by Crippen LogP contribution is 2.28. The summed E-state index contributed by atoms with van der Waals surface area (Å²) in [4.78, 5) is 10.9. The first kappa shape index (κ1) is 15.0. The van der Waals surface area contributed by atoms with Gasteiger partial charge in [-0.05, 0) is 68.7 Å². The molecule has 2 rings (SSSR count). The number of aryl methyl sites for hydroxylation is 1. The molecule has 2 N–H and O–H groups in total. The van der Waals surface area contributed by atoms with Crippen LogP contribution in [0.2, 0.25) is 0 Å². The Balaban J connectivity index is 1.74. The summed E-state index contributed by atoms with van der Waals surface area (Å²) in [6.07, 6.45) is 3.75. The number of benzene rings is 1. The molecule has 0 bridgehead atoms. The highest BCUT2D eigenvalue weighted by atomic mass is 16.4. The van der Waals surface area contributed by atoms with Crippen LogP contribution >= 0.6 is 0 Å². The zero-order chi connectivity index (χ0) is 14.5. The van der Waals surface area contributed by atoms with E-state index in [0.717, 1.165) is 38.8 Å². The van der Waals surface area contributed by atoms with Crippen molar-refractivity contribution in [3.8, 4) is 0 Å². The smallest absolute Gasteiger partial charge is 0.306 e. The molecule has 3 heteroatoms. The van der Waals surface area contributed by atoms with E-state index in [1.54, 1.807) is 0 Å². The first-order valence-corrected chi connectivity index (χ1v) is 7.56. The lowest BCUT2D eigenvalue weighted by molar-refractivity contribution is -0.143. The number of aliphatic carboxylic acids is 1. The molecule has 1 aromatic carbocycles. The Morgan fingerprint density at radius 2 is 1.95 bits per heavy atom. The fourth-order valence-corrected chi connectivity index (χ4v) is 3.03. The molecule has 0 radical (unpaired) electrons. The van der Waals surface area contributed by atoms with E-state index in [-0.39, 0.29) is 5.92 Å². The number of carbonyl (C=O) groups is 1. The van der Waals surface area contributed by atoms with Gasteiger partial charge in [-0.1, -0.05) is 18.2 Å². The van der Waals surface area contributed by atoms with Crippen LogP contribution in [0.4, 0.5) is 0 Å². The third-order valence-electron chi connectivity index (χ3n) is 4.66. The Kier molecular flexibility index (Phi) is 5.18. The zero-order valence-electron chi connectivity index (χ0n) is 12.5. The van der Waals surface area contributed by atoms with Crippen LogP contribution in [-0.2, 0) is 11.3 Å². The highest BCUT2D eigenvalue weighted by molar-refractivity contribution is 5.69. The topological polar surface area (TPSA) is 49.3 Å². The molecule has 1 aliphatic rings. The summed E-state index contributed by atoms with van der Waals surface area (Å²) in [7, 11) is 0. The van der Waals surface area contributed by atoms with Crippen molar-refractivity contribution >= 4 is 5.97 Å². The maximum Gasteiger partial charge on any atom is 0.306 e. The molecule has 0 spiro atoms. The first-order valence-electron chi connectivity index (χ1n) is 7.56. The van der Waals surface area contributed by atoms with Gasteiger partial charge in [0.05, 0.1) is 5.92 Å². The summed E-state index contributed by atoms with van der Waals surface area (Å²) < 4.78 is 0. The Bertz CT molecular complexity index is 462. The molecule has 0 aromatic heterocycles. The van der Waals surface area contributed by atoms with Gasteiger partial charge in [-0.25, -0.2) is 0 Å². The standard InChI is InChI=1S/C17H25NO2/c1-12-4-3-5-16(13(12)2)11-18-10-14-6-8-15(9-7-14)17(19)20/h3-5,14-15,18H,6-11H2,1-2H3,(H,19,20). The molecule has 0 atom stereocenters. The van der Waals surface area contributed by atoms with Gasteiger partial charge in [-0.15, -0.1) is 0 Å². The molecule has 20 heavy (non-hydrogen) atoms. The van der Waals surface area contributed by atoms with Gasteiger partial charge in [-0.2, -0.15) is 0 Å². The number of hydrogen-bond acceptors (Lipinski definition) is 2. The van der Waals surface area contributed by atoms with Crippen molar-refractivity contribution in [2.45, 2.75) is 46.1 Å². The minimum atomic E-state index is -0.619. The molecule has 110 valence electrons. The summed E-state index contributed by atoms with van der Waals surface area (Å²) in [5, 5.41) is 12.5. The minimum Gasteiger partial charge on any atom is -0.481 e. The van der Waals surface area contributed by atoms with Crippen molar-refractivity contribution in [1.29, 1.82) is 0 Å². The molecule has 0 amide bonds. The summed E-state index contributed by atoms with van der Waals surface area (Å²) in [5.74, 6) is -0.0900. The van der Waals surface area contributed by atoms with E-state index in [9.17, 15) is 4.79 Å². The molecule has 1 saturated carbocycles. The van der Waals surface area contributed by atoms with Gasteiger partial charge in [0, 0.05) is 6.54 Å². The van der Waals surface area contributed by atoms with Gasteiger partial charge in [0.1, 0.15) is 0 Å². The van der Waals surface area contributed by atoms with Crippen molar-refractivity contribution in [2.75, 3.05) is 6.54 Å². The minimum absolute atomic E-state index is 0.106. The predicted molar refractivity (Wildman–Crippen MR) is 80.7 cm³/mol. The quantitative estimate of drug-likeness (QED) is 0.867. The zero-order valence-corrected chi connectivity index (χ0v) is 12.5. The molecule has 0 saturated heterocycles. The molecule has 3 nitrogen and oxygen atoms in total. The summed E-state index contributed by atoms with van der Waals surface area (Å²) in [5.41, 5.74) is 4.07. The first-order chi connectivity index (χ1) is 9.58. The van der Waals surface area contributed by atoms with Gasteiger partial charge in [0.15, 0.2) is 0 Å². The fraction of sp³-hybridized carbons (Fsp3) is 0.588. The summed E-state index contributed by atoms with van der Waals surface area (Å²) in [6, 6.07) is 6.43. The van der Waals surface area contributed by atoms with Gasteiger partial charge < -0.3 is 10.4 Å². The molecule has 0 aliphatic heterocycles. The van der Waals surface area contributed by atoms with Crippen LogP contribution in [0.15, 0.2) is 18.2 Å². The van der Waals surface area contributed by atoms with Crippen LogP contribution in [-0.4, -0.2) is 17.6 Å². The lowest BCUT2D eigenvalue weighted by atomic mass is 9.82. The van der Waals surface area contributed by atoms with E-state index >= 15 is 0 Å². The Morgan fingerprint density at radius 3 is 2.60 bits per heavy atom. The summed E-state index contributed by atoms with van der Waals surface area (Å²) >= 11 is 0. The highest BCUT2D eigenvalue weighted by Gasteiger charge is 2.25. The van der Waals surface area contributed by atoms with Gasteiger partial charge in [-0.3, -0.25) is 4.79 Å². The third-order valence-corrected chi connectivity index (χ3v) is 4.66. The average molecular weight is 275 g/mol. The molecular formula is C17H25NO2. The van der Waals surface area contributed by atoms with Crippen molar-refractivity contribution in [3.63, 3.8) is 0 Å². The number of rotatable bonds is 5. The molecular weight excluding hydrogens is 250 g/mol. The number of hydrogen-bond donors (Lipinski definition) is 2. The Labute approximate surface area is 121 Å². The van der Waals surface area contributed by atoms with Crippen LogP contribution in [0, 0.1) is 25.7 Å². The normalized spacial score (nSPS) is 22.7. The number of carboxylic acid groups (broad SMARTS) is 1. The lowest BCUT2D eigenvalue weighted by Gasteiger charge is -2.26. The fourth-order valence-electron chi connectivity index (χ4n) is 3.03. The van der Waals surface area contributed by atoms with Gasteiger partial charge >= 0.3 is 5.97 Å². The largest absolute Gasteiger partial charge is 0.481 e. The van der Waals surface area contributed by atoms with E-state index in [0.29, 0.717) is 5.92 Å². The van der Waals surface area contributed by atoms with E-state index < -0.39 is 5.97 Å². The van der Waals surface area contributed by atoms with Gasteiger partial charge in [0.2, 0.25) is 0 Å². The van der Waals surface area contributed by atoms with Crippen molar-refractivity contribution in [1.82, 2.24) is 5.32 Å². The van der Waals surface area contributed by atoms with Crippen LogP contribution < -0.4 is 5.32 Å². The third kappa shape index (κ3) is 3.83. The van der Waals surface area contributed by atoms with Crippen molar-refractivity contribution in [3.05, 3.63) is 34.9 Å². The number of carboxylic acids is 1. The van der Waals surface area contributed by atoms with E-state index in [1.165, 1.54) is 16.7 Å². The molecule has 1 aromatic rings.